The molecule has 0 aliphatic carbocycles. The van der Waals surface area contributed by atoms with E-state index in [1.807, 2.05) is 31.2 Å². The Labute approximate surface area is 126 Å². The Morgan fingerprint density at radius 3 is 2.85 bits per heavy atom. The molecule has 5 heteroatoms. The summed E-state index contributed by atoms with van der Waals surface area (Å²) in [6.45, 7) is 4.52. The fourth-order valence-electron chi connectivity index (χ4n) is 2.10. The summed E-state index contributed by atoms with van der Waals surface area (Å²) in [6.07, 6.45) is 0.915. The minimum atomic E-state index is -0.976. The zero-order valence-electron chi connectivity index (χ0n) is 11.8. The van der Waals surface area contributed by atoms with Gasteiger partial charge in [0.25, 0.3) is 0 Å². The molecule has 1 aromatic heterocycles. The second kappa shape index (κ2) is 5.97. The first-order valence-electron chi connectivity index (χ1n) is 6.54. The minimum Gasteiger partial charge on any atom is -0.467 e. The van der Waals surface area contributed by atoms with Gasteiger partial charge in [0.1, 0.15) is 11.3 Å². The van der Waals surface area contributed by atoms with Crippen molar-refractivity contribution in [3.05, 3.63) is 34.5 Å². The van der Waals surface area contributed by atoms with E-state index >= 15 is 0 Å². The Morgan fingerprint density at radius 2 is 2.20 bits per heavy atom. The molecule has 1 aromatic carbocycles. The summed E-state index contributed by atoms with van der Waals surface area (Å²) in [6, 6.07) is 7.62. The lowest BCUT2D eigenvalue weighted by molar-refractivity contribution is -0.149. The lowest BCUT2D eigenvalue weighted by atomic mass is 9.98. The SMILES string of the molecule is CCCNC(C)(C(=O)OC)c1cc2cc(Br)ccc2o1. The number of carbonyl (C=O) groups is 1. The van der Waals surface area contributed by atoms with Gasteiger partial charge < -0.3 is 9.15 Å². The van der Waals surface area contributed by atoms with Crippen molar-refractivity contribution >= 4 is 32.9 Å². The van der Waals surface area contributed by atoms with E-state index in [2.05, 4.69) is 21.2 Å². The van der Waals surface area contributed by atoms with E-state index in [0.717, 1.165) is 21.9 Å². The summed E-state index contributed by atoms with van der Waals surface area (Å²) in [5.41, 5.74) is -0.229. The Kier molecular flexibility index (Phi) is 4.50. The summed E-state index contributed by atoms with van der Waals surface area (Å²) in [5, 5.41) is 4.16. The molecular formula is C15H18BrNO3. The number of methoxy groups -OCH3 is 1. The molecule has 1 heterocycles. The van der Waals surface area contributed by atoms with E-state index < -0.39 is 5.54 Å². The number of fused-ring (bicyclic) bond motifs is 1. The second-order valence-electron chi connectivity index (χ2n) is 4.84. The van der Waals surface area contributed by atoms with E-state index in [1.54, 1.807) is 6.92 Å². The number of hydrogen-bond acceptors (Lipinski definition) is 4. The topological polar surface area (TPSA) is 51.5 Å². The lowest BCUT2D eigenvalue weighted by Gasteiger charge is -2.25. The quantitative estimate of drug-likeness (QED) is 0.846. The van der Waals surface area contributed by atoms with Gasteiger partial charge in [-0.3, -0.25) is 5.32 Å². The van der Waals surface area contributed by atoms with Gasteiger partial charge in [-0.25, -0.2) is 4.79 Å². The van der Waals surface area contributed by atoms with E-state index in [4.69, 9.17) is 9.15 Å². The summed E-state index contributed by atoms with van der Waals surface area (Å²) < 4.78 is 11.7. The van der Waals surface area contributed by atoms with Crippen LogP contribution in [-0.2, 0) is 15.1 Å². The molecule has 2 rings (SSSR count). The number of esters is 1. The Hall–Kier alpha value is -1.33. The average Bonchev–Trinajstić information content (AvgIpc) is 2.87. The Morgan fingerprint density at radius 1 is 1.45 bits per heavy atom. The molecule has 0 saturated carbocycles. The van der Waals surface area contributed by atoms with Gasteiger partial charge >= 0.3 is 5.97 Å². The van der Waals surface area contributed by atoms with Gasteiger partial charge in [-0.2, -0.15) is 0 Å². The molecular weight excluding hydrogens is 322 g/mol. The molecule has 108 valence electrons. The van der Waals surface area contributed by atoms with Gasteiger partial charge in [0, 0.05) is 9.86 Å². The predicted octanol–water partition coefficient (Wildman–Crippen LogP) is 3.58. The van der Waals surface area contributed by atoms with Crippen LogP contribution in [0, 0.1) is 0 Å². The molecule has 2 aromatic rings. The van der Waals surface area contributed by atoms with Gasteiger partial charge in [0.15, 0.2) is 5.54 Å². The van der Waals surface area contributed by atoms with Crippen LogP contribution >= 0.6 is 15.9 Å². The highest BCUT2D eigenvalue weighted by Gasteiger charge is 2.39. The molecule has 0 aliphatic rings. The van der Waals surface area contributed by atoms with Crippen molar-refractivity contribution in [2.24, 2.45) is 0 Å². The molecule has 0 amide bonds. The maximum atomic E-state index is 12.1. The molecule has 4 nitrogen and oxygen atoms in total. The van der Waals surface area contributed by atoms with Gasteiger partial charge in [-0.15, -0.1) is 0 Å². The highest BCUT2D eigenvalue weighted by molar-refractivity contribution is 9.10. The van der Waals surface area contributed by atoms with Crippen LogP contribution in [0.1, 0.15) is 26.0 Å². The molecule has 0 bridgehead atoms. The summed E-state index contributed by atoms with van der Waals surface area (Å²) in [5.74, 6) is 0.204. The fourth-order valence-corrected chi connectivity index (χ4v) is 2.48. The first kappa shape index (κ1) is 15.1. The average molecular weight is 340 g/mol. The summed E-state index contributed by atoms with van der Waals surface area (Å²) in [4.78, 5) is 12.1. The van der Waals surface area contributed by atoms with Crippen LogP contribution in [0.2, 0.25) is 0 Å². The van der Waals surface area contributed by atoms with E-state index in [9.17, 15) is 4.79 Å². The molecule has 0 radical (unpaired) electrons. The molecule has 20 heavy (non-hydrogen) atoms. The maximum absolute atomic E-state index is 12.1. The first-order chi connectivity index (χ1) is 9.51. The van der Waals surface area contributed by atoms with Gasteiger partial charge in [0.2, 0.25) is 0 Å². The monoisotopic (exact) mass is 339 g/mol. The van der Waals surface area contributed by atoms with Crippen LogP contribution in [-0.4, -0.2) is 19.6 Å². The summed E-state index contributed by atoms with van der Waals surface area (Å²) >= 11 is 3.43. The number of rotatable bonds is 5. The first-order valence-corrected chi connectivity index (χ1v) is 7.33. The third-order valence-corrected chi connectivity index (χ3v) is 3.79. The zero-order chi connectivity index (χ0) is 14.8. The molecule has 1 unspecified atom stereocenters. The molecule has 0 fully saturated rings. The van der Waals surface area contributed by atoms with Crippen molar-refractivity contribution in [2.75, 3.05) is 13.7 Å². The third kappa shape index (κ3) is 2.74. The molecule has 1 atom stereocenters. The number of nitrogens with one attached hydrogen (secondary N) is 1. The van der Waals surface area contributed by atoms with Crippen LogP contribution in [0.25, 0.3) is 11.0 Å². The van der Waals surface area contributed by atoms with Crippen LogP contribution in [0.15, 0.2) is 33.2 Å². The van der Waals surface area contributed by atoms with Crippen LogP contribution in [0.3, 0.4) is 0 Å². The predicted molar refractivity (Wildman–Crippen MR) is 81.6 cm³/mol. The van der Waals surface area contributed by atoms with Crippen LogP contribution < -0.4 is 5.32 Å². The molecule has 0 spiro atoms. The summed E-state index contributed by atoms with van der Waals surface area (Å²) in [7, 11) is 1.38. The van der Waals surface area contributed by atoms with Crippen LogP contribution in [0.5, 0.6) is 0 Å². The van der Waals surface area contributed by atoms with Crippen LogP contribution in [0.4, 0.5) is 0 Å². The zero-order valence-corrected chi connectivity index (χ0v) is 13.4. The van der Waals surface area contributed by atoms with Crippen molar-refractivity contribution in [1.29, 1.82) is 0 Å². The maximum Gasteiger partial charge on any atom is 0.333 e. The van der Waals surface area contributed by atoms with Gasteiger partial charge in [-0.1, -0.05) is 22.9 Å². The molecule has 1 N–H and O–H groups in total. The van der Waals surface area contributed by atoms with Crippen molar-refractivity contribution in [3.8, 4) is 0 Å². The largest absolute Gasteiger partial charge is 0.467 e. The number of carbonyl (C=O) groups excluding carboxylic acids is 1. The number of halogens is 1. The highest BCUT2D eigenvalue weighted by Crippen LogP contribution is 2.30. The van der Waals surface area contributed by atoms with Crippen molar-refractivity contribution in [1.82, 2.24) is 5.32 Å². The van der Waals surface area contributed by atoms with Crippen molar-refractivity contribution in [3.63, 3.8) is 0 Å². The smallest absolute Gasteiger partial charge is 0.333 e. The van der Waals surface area contributed by atoms with Gasteiger partial charge in [-0.05, 0) is 44.2 Å². The number of benzene rings is 1. The standard InChI is InChI=1S/C15H18BrNO3/c1-4-7-17-15(2,14(18)19-3)13-9-10-8-11(16)5-6-12(10)20-13/h5-6,8-9,17H,4,7H2,1-3H3. The van der Waals surface area contributed by atoms with Crippen molar-refractivity contribution < 1.29 is 13.9 Å². The fraction of sp³-hybridized carbons (Fsp3) is 0.400. The molecule has 0 saturated heterocycles. The van der Waals surface area contributed by atoms with E-state index in [-0.39, 0.29) is 5.97 Å². The molecule has 0 aliphatic heterocycles. The van der Waals surface area contributed by atoms with Crippen molar-refractivity contribution in [2.45, 2.75) is 25.8 Å². The lowest BCUT2D eigenvalue weighted by Crippen LogP contribution is -2.47. The number of furan rings is 1. The second-order valence-corrected chi connectivity index (χ2v) is 5.75. The normalized spacial score (nSPS) is 14.2. The Bertz CT molecular complexity index is 623. The number of hydrogen-bond donors (Lipinski definition) is 1. The minimum absolute atomic E-state index is 0.357. The third-order valence-electron chi connectivity index (χ3n) is 3.29. The number of ether oxygens (including phenoxy) is 1. The Balaban J connectivity index is 2.47. The van der Waals surface area contributed by atoms with E-state index in [0.29, 0.717) is 12.3 Å². The van der Waals surface area contributed by atoms with Gasteiger partial charge in [0.05, 0.1) is 7.11 Å². The highest BCUT2D eigenvalue weighted by atomic mass is 79.9. The van der Waals surface area contributed by atoms with E-state index in [1.165, 1.54) is 7.11 Å².